The molecule has 0 atom stereocenters. The van der Waals surface area contributed by atoms with E-state index in [-0.39, 0.29) is 0 Å². The molecule has 2 rings (SSSR count). The first-order valence-corrected chi connectivity index (χ1v) is 5.10. The number of nitrogens with one attached hydrogen (secondary N) is 1. The second-order valence-electron chi connectivity index (χ2n) is 3.71. The van der Waals surface area contributed by atoms with Crippen LogP contribution in [0, 0.1) is 5.92 Å². The summed E-state index contributed by atoms with van der Waals surface area (Å²) in [7, 11) is 0. The van der Waals surface area contributed by atoms with Crippen LogP contribution < -0.4 is 11.1 Å². The van der Waals surface area contributed by atoms with Gasteiger partial charge in [0.1, 0.15) is 0 Å². The third-order valence-corrected chi connectivity index (χ3v) is 2.61. The van der Waals surface area contributed by atoms with Crippen LogP contribution in [0.4, 0.5) is 0 Å². The molecule has 14 heavy (non-hydrogen) atoms. The van der Waals surface area contributed by atoms with E-state index < -0.39 is 0 Å². The Morgan fingerprint density at radius 2 is 2.21 bits per heavy atom. The summed E-state index contributed by atoms with van der Waals surface area (Å²) in [6, 6.07) is 0. The Bertz CT molecular complexity index is 280. The van der Waals surface area contributed by atoms with Crippen LogP contribution in [0.3, 0.4) is 0 Å². The number of nitrogens with two attached hydrogens (primary N) is 1. The molecule has 0 saturated carbocycles. The van der Waals surface area contributed by atoms with Gasteiger partial charge in [-0.3, -0.25) is 0 Å². The highest BCUT2D eigenvalue weighted by Crippen LogP contribution is 2.16. The van der Waals surface area contributed by atoms with Gasteiger partial charge in [0, 0.05) is 6.42 Å². The maximum absolute atomic E-state index is 5.40. The van der Waals surface area contributed by atoms with Crippen molar-refractivity contribution in [3.05, 3.63) is 11.7 Å². The van der Waals surface area contributed by atoms with E-state index in [1.165, 1.54) is 12.8 Å². The quantitative estimate of drug-likeness (QED) is 0.715. The average molecular weight is 196 g/mol. The van der Waals surface area contributed by atoms with Gasteiger partial charge in [0.15, 0.2) is 5.82 Å². The van der Waals surface area contributed by atoms with Crippen LogP contribution in [0.1, 0.15) is 24.6 Å². The summed E-state index contributed by atoms with van der Waals surface area (Å²) in [6.45, 7) is 2.56. The SMILES string of the molecule is NCc1noc(CC2CCNCC2)n1. The van der Waals surface area contributed by atoms with Gasteiger partial charge in [0.25, 0.3) is 0 Å². The molecule has 78 valence electrons. The molecule has 1 aromatic heterocycles. The van der Waals surface area contributed by atoms with Gasteiger partial charge in [-0.2, -0.15) is 4.98 Å². The van der Waals surface area contributed by atoms with Gasteiger partial charge in [0.05, 0.1) is 6.54 Å². The third kappa shape index (κ3) is 2.30. The summed E-state index contributed by atoms with van der Waals surface area (Å²) >= 11 is 0. The molecule has 1 aromatic rings. The fourth-order valence-electron chi connectivity index (χ4n) is 1.79. The predicted molar refractivity (Wildman–Crippen MR) is 51.5 cm³/mol. The minimum Gasteiger partial charge on any atom is -0.339 e. The third-order valence-electron chi connectivity index (χ3n) is 2.61. The lowest BCUT2D eigenvalue weighted by Gasteiger charge is -2.20. The Labute approximate surface area is 83.1 Å². The summed E-state index contributed by atoms with van der Waals surface area (Å²) in [6.07, 6.45) is 3.29. The van der Waals surface area contributed by atoms with E-state index in [2.05, 4.69) is 15.5 Å². The Kier molecular flexibility index (Phi) is 3.10. The summed E-state index contributed by atoms with van der Waals surface area (Å²) in [5.41, 5.74) is 5.40. The Morgan fingerprint density at radius 3 is 2.86 bits per heavy atom. The second-order valence-corrected chi connectivity index (χ2v) is 3.71. The van der Waals surface area contributed by atoms with Gasteiger partial charge in [0.2, 0.25) is 5.89 Å². The van der Waals surface area contributed by atoms with E-state index in [1.54, 1.807) is 0 Å². The van der Waals surface area contributed by atoms with Crippen molar-refractivity contribution in [1.82, 2.24) is 15.5 Å². The molecular weight excluding hydrogens is 180 g/mol. The number of aromatic nitrogens is 2. The van der Waals surface area contributed by atoms with Crippen molar-refractivity contribution in [3.63, 3.8) is 0 Å². The molecule has 2 heterocycles. The minimum atomic E-state index is 0.357. The maximum atomic E-state index is 5.40. The fourth-order valence-corrected chi connectivity index (χ4v) is 1.79. The normalized spacial score (nSPS) is 18.6. The summed E-state index contributed by atoms with van der Waals surface area (Å²) in [5.74, 6) is 2.02. The molecule has 1 aliphatic rings. The van der Waals surface area contributed by atoms with Gasteiger partial charge in [-0.05, 0) is 31.8 Å². The zero-order chi connectivity index (χ0) is 9.80. The molecule has 0 unspecified atom stereocenters. The van der Waals surface area contributed by atoms with Gasteiger partial charge < -0.3 is 15.6 Å². The van der Waals surface area contributed by atoms with E-state index in [0.717, 1.165) is 25.4 Å². The highest BCUT2D eigenvalue weighted by atomic mass is 16.5. The number of rotatable bonds is 3. The summed E-state index contributed by atoms with van der Waals surface area (Å²) in [4.78, 5) is 4.20. The average Bonchev–Trinajstić information content (AvgIpc) is 2.67. The minimum absolute atomic E-state index is 0.357. The molecule has 0 spiro atoms. The Morgan fingerprint density at radius 1 is 1.43 bits per heavy atom. The predicted octanol–water partition coefficient (Wildman–Crippen LogP) is 0.0704. The second kappa shape index (κ2) is 4.52. The lowest BCUT2D eigenvalue weighted by molar-refractivity contribution is 0.312. The maximum Gasteiger partial charge on any atom is 0.226 e. The van der Waals surface area contributed by atoms with E-state index in [9.17, 15) is 0 Å². The van der Waals surface area contributed by atoms with Crippen LogP contribution >= 0.6 is 0 Å². The van der Waals surface area contributed by atoms with Crippen molar-refractivity contribution in [3.8, 4) is 0 Å². The molecule has 0 amide bonds. The molecule has 0 radical (unpaired) electrons. The van der Waals surface area contributed by atoms with Gasteiger partial charge in [-0.1, -0.05) is 5.16 Å². The van der Waals surface area contributed by atoms with Gasteiger partial charge in [-0.25, -0.2) is 0 Å². The Balaban J connectivity index is 1.89. The van der Waals surface area contributed by atoms with E-state index >= 15 is 0 Å². The molecule has 0 aromatic carbocycles. The van der Waals surface area contributed by atoms with Crippen LogP contribution in [0.2, 0.25) is 0 Å². The van der Waals surface area contributed by atoms with Crippen LogP contribution in [0.5, 0.6) is 0 Å². The van der Waals surface area contributed by atoms with Crippen LogP contribution in [-0.4, -0.2) is 23.2 Å². The molecule has 1 saturated heterocycles. The molecule has 5 heteroatoms. The standard InChI is InChI=1S/C9H16N4O/c10-6-8-12-9(14-13-8)5-7-1-3-11-4-2-7/h7,11H,1-6,10H2. The van der Waals surface area contributed by atoms with E-state index in [0.29, 0.717) is 18.3 Å². The topological polar surface area (TPSA) is 77.0 Å². The van der Waals surface area contributed by atoms with Crippen molar-refractivity contribution in [1.29, 1.82) is 0 Å². The van der Waals surface area contributed by atoms with Crippen molar-refractivity contribution < 1.29 is 4.52 Å². The molecule has 0 bridgehead atoms. The lowest BCUT2D eigenvalue weighted by atomic mass is 9.95. The largest absolute Gasteiger partial charge is 0.339 e. The summed E-state index contributed by atoms with van der Waals surface area (Å²) < 4.78 is 5.10. The highest BCUT2D eigenvalue weighted by Gasteiger charge is 2.16. The van der Waals surface area contributed by atoms with Crippen LogP contribution in [0.15, 0.2) is 4.52 Å². The zero-order valence-corrected chi connectivity index (χ0v) is 8.20. The number of hydrogen-bond acceptors (Lipinski definition) is 5. The highest BCUT2D eigenvalue weighted by molar-refractivity contribution is 4.88. The molecule has 0 aliphatic carbocycles. The fraction of sp³-hybridized carbons (Fsp3) is 0.778. The monoisotopic (exact) mass is 196 g/mol. The number of nitrogens with zero attached hydrogens (tertiary/aromatic N) is 2. The van der Waals surface area contributed by atoms with E-state index in [1.807, 2.05) is 0 Å². The number of hydrogen-bond donors (Lipinski definition) is 2. The molecule has 3 N–H and O–H groups in total. The van der Waals surface area contributed by atoms with Crippen LogP contribution in [0.25, 0.3) is 0 Å². The first-order chi connectivity index (χ1) is 6.88. The number of piperidine rings is 1. The van der Waals surface area contributed by atoms with Crippen molar-refractivity contribution >= 4 is 0 Å². The lowest BCUT2D eigenvalue weighted by Crippen LogP contribution is -2.28. The molecular formula is C9H16N4O. The first-order valence-electron chi connectivity index (χ1n) is 5.10. The molecule has 1 aliphatic heterocycles. The van der Waals surface area contributed by atoms with Crippen molar-refractivity contribution in [2.75, 3.05) is 13.1 Å². The smallest absolute Gasteiger partial charge is 0.226 e. The summed E-state index contributed by atoms with van der Waals surface area (Å²) in [5, 5.41) is 7.10. The zero-order valence-electron chi connectivity index (χ0n) is 8.20. The molecule has 1 fully saturated rings. The Hall–Kier alpha value is -0.940. The van der Waals surface area contributed by atoms with E-state index in [4.69, 9.17) is 10.3 Å². The van der Waals surface area contributed by atoms with Crippen molar-refractivity contribution in [2.24, 2.45) is 11.7 Å². The first kappa shape index (κ1) is 9.61. The molecule has 5 nitrogen and oxygen atoms in total. The van der Waals surface area contributed by atoms with Crippen LogP contribution in [-0.2, 0) is 13.0 Å². The van der Waals surface area contributed by atoms with Gasteiger partial charge >= 0.3 is 0 Å². The van der Waals surface area contributed by atoms with Crippen molar-refractivity contribution in [2.45, 2.75) is 25.8 Å². The van der Waals surface area contributed by atoms with Gasteiger partial charge in [-0.15, -0.1) is 0 Å².